The van der Waals surface area contributed by atoms with Crippen LogP contribution in [0, 0.1) is 5.92 Å². The van der Waals surface area contributed by atoms with Crippen molar-refractivity contribution in [2.75, 3.05) is 26.4 Å². The van der Waals surface area contributed by atoms with Crippen molar-refractivity contribution in [3.63, 3.8) is 0 Å². The molecule has 0 saturated heterocycles. The van der Waals surface area contributed by atoms with Gasteiger partial charge in [0, 0.05) is 12.8 Å². The minimum absolute atomic E-state index is 0.0415. The van der Waals surface area contributed by atoms with Gasteiger partial charge in [-0.1, -0.05) is 196 Å². The molecule has 0 saturated carbocycles. The van der Waals surface area contributed by atoms with Crippen LogP contribution in [0.15, 0.2) is 72.9 Å². The van der Waals surface area contributed by atoms with Crippen LogP contribution in [-0.4, -0.2) is 76.9 Å². The van der Waals surface area contributed by atoms with Gasteiger partial charge in [-0.25, -0.2) is 4.57 Å². The molecule has 0 amide bonds. The number of esters is 2. The van der Waals surface area contributed by atoms with E-state index in [-0.39, 0.29) is 19.4 Å². The number of carbonyl (C=O) groups excluding carboxylic acids is 2. The molecule has 0 radical (unpaired) electrons. The Balaban J connectivity index is 4.38. The molecule has 0 heterocycles. The van der Waals surface area contributed by atoms with Gasteiger partial charge in [-0.15, -0.1) is 0 Å². The van der Waals surface area contributed by atoms with Gasteiger partial charge in [0.25, 0.3) is 0 Å². The molecule has 0 fully saturated rings. The highest BCUT2D eigenvalue weighted by molar-refractivity contribution is 7.47. The first kappa shape index (κ1) is 59.4. The van der Waals surface area contributed by atoms with Gasteiger partial charge in [-0.3, -0.25) is 18.6 Å². The Hall–Kier alpha value is -2.63. The topological polar surface area (TPSA) is 169 Å². The number of ether oxygens (including phenoxy) is 2. The molecule has 358 valence electrons. The number of allylic oxidation sites excluding steroid dienone is 10. The summed E-state index contributed by atoms with van der Waals surface area (Å²) < 4.78 is 32.7. The van der Waals surface area contributed by atoms with Crippen molar-refractivity contribution in [1.29, 1.82) is 0 Å². The first-order chi connectivity index (χ1) is 30.0. The molecule has 0 aliphatic heterocycles. The van der Waals surface area contributed by atoms with Gasteiger partial charge >= 0.3 is 19.8 Å². The predicted molar refractivity (Wildman–Crippen MR) is 252 cm³/mol. The van der Waals surface area contributed by atoms with Crippen molar-refractivity contribution >= 4 is 19.8 Å². The number of phosphoric acid groups is 1. The number of hydrogen-bond donors (Lipinski definition) is 4. The Kier molecular flexibility index (Phi) is 41.8. The molecule has 0 aromatic carbocycles. The van der Waals surface area contributed by atoms with E-state index < -0.39 is 57.9 Å². The summed E-state index contributed by atoms with van der Waals surface area (Å²) in [7, 11) is -4.65. The fourth-order valence-electron chi connectivity index (χ4n) is 6.23. The second-order valence-electron chi connectivity index (χ2n) is 16.4. The van der Waals surface area contributed by atoms with E-state index >= 15 is 0 Å². The summed E-state index contributed by atoms with van der Waals surface area (Å²) >= 11 is 0. The molecule has 11 nitrogen and oxygen atoms in total. The SMILES string of the molecule is CC/C=C\CC(O)/C=C/C=C/C/C=C\C/C=C\C/C=C\CCC(=O)O[C@H](COC(=O)CCCCCCCCCCCCCCCCCCC(C)C)COP(=O)(O)OC[C@@H](O)CO. The smallest absolute Gasteiger partial charge is 0.462 e. The van der Waals surface area contributed by atoms with Crippen molar-refractivity contribution in [2.24, 2.45) is 5.92 Å². The van der Waals surface area contributed by atoms with Crippen molar-refractivity contribution in [1.82, 2.24) is 0 Å². The van der Waals surface area contributed by atoms with E-state index in [4.69, 9.17) is 19.1 Å². The summed E-state index contributed by atoms with van der Waals surface area (Å²) in [4.78, 5) is 35.1. The first-order valence-electron chi connectivity index (χ1n) is 23.9. The largest absolute Gasteiger partial charge is 0.472 e. The fraction of sp³-hybridized carbons (Fsp3) is 0.720. The Morgan fingerprint density at radius 1 is 0.597 bits per heavy atom. The number of unbranched alkanes of at least 4 members (excludes halogenated alkanes) is 15. The van der Waals surface area contributed by atoms with Crippen molar-refractivity contribution < 1.29 is 52.9 Å². The summed E-state index contributed by atoms with van der Waals surface area (Å²) in [6, 6.07) is 0. The number of aliphatic hydroxyl groups excluding tert-OH is 3. The lowest BCUT2D eigenvalue weighted by atomic mass is 10.0. The number of phosphoric ester groups is 1. The van der Waals surface area contributed by atoms with Crippen LogP contribution in [0.4, 0.5) is 0 Å². The molecule has 4 atom stereocenters. The highest BCUT2D eigenvalue weighted by Gasteiger charge is 2.27. The van der Waals surface area contributed by atoms with E-state index in [1.165, 1.54) is 83.5 Å². The molecule has 0 aromatic rings. The van der Waals surface area contributed by atoms with Crippen LogP contribution < -0.4 is 0 Å². The van der Waals surface area contributed by atoms with E-state index in [0.29, 0.717) is 25.7 Å². The number of hydrogen-bond acceptors (Lipinski definition) is 10. The standard InChI is InChI=1S/C50H87O11P/c1-4-5-31-37-46(52)38-33-28-24-20-16-12-10-14-18-22-26-30-35-40-50(55)61-48(44-60-62(56,57)59-42-47(53)41-51)43-58-49(54)39-34-29-25-21-17-13-9-7-6-8-11-15-19-23-27-32-36-45(2)3/h5,12,14,16,18,24,26,28,30-31,33,38,45-48,51-53H,4,6-11,13,15,17,19-23,25,27,29,32,34-37,39-44H2,1-3H3,(H,56,57)/b16-12-,18-14-,28-24+,30-26-,31-5-,38-33+/t46?,47-,48+/m0/s1. The average Bonchev–Trinajstić information content (AvgIpc) is 3.24. The van der Waals surface area contributed by atoms with Gasteiger partial charge in [-0.2, -0.15) is 0 Å². The summed E-state index contributed by atoms with van der Waals surface area (Å²) in [5.41, 5.74) is 0. The monoisotopic (exact) mass is 895 g/mol. The van der Waals surface area contributed by atoms with Gasteiger partial charge in [0.2, 0.25) is 0 Å². The Morgan fingerprint density at radius 2 is 1.11 bits per heavy atom. The molecule has 0 aliphatic rings. The number of carbonyl (C=O) groups is 2. The molecule has 62 heavy (non-hydrogen) atoms. The van der Waals surface area contributed by atoms with E-state index in [1.54, 1.807) is 6.08 Å². The minimum atomic E-state index is -4.65. The van der Waals surface area contributed by atoms with Crippen molar-refractivity contribution in [2.45, 2.75) is 200 Å². The predicted octanol–water partition coefficient (Wildman–Crippen LogP) is 12.1. The molecule has 0 bridgehead atoms. The normalized spacial score (nSPS) is 15.0. The van der Waals surface area contributed by atoms with Crippen LogP contribution in [0.1, 0.15) is 181 Å². The quantitative estimate of drug-likeness (QED) is 0.0151. The van der Waals surface area contributed by atoms with Gasteiger partial charge < -0.3 is 29.7 Å². The zero-order valence-corrected chi connectivity index (χ0v) is 39.7. The second kappa shape index (κ2) is 43.6. The van der Waals surface area contributed by atoms with E-state index in [0.717, 1.165) is 44.4 Å². The van der Waals surface area contributed by atoms with Gasteiger partial charge in [0.15, 0.2) is 6.10 Å². The van der Waals surface area contributed by atoms with E-state index in [2.05, 4.69) is 43.5 Å². The second-order valence-corrected chi connectivity index (χ2v) is 17.9. The van der Waals surface area contributed by atoms with Crippen LogP contribution in [0.25, 0.3) is 0 Å². The van der Waals surface area contributed by atoms with Gasteiger partial charge in [0.05, 0.1) is 25.9 Å². The summed E-state index contributed by atoms with van der Waals surface area (Å²) in [6.45, 7) is 4.43. The summed E-state index contributed by atoms with van der Waals surface area (Å²) in [6.07, 6.45) is 46.4. The highest BCUT2D eigenvalue weighted by atomic mass is 31.2. The molecular formula is C50H87O11P. The zero-order chi connectivity index (χ0) is 45.8. The lowest BCUT2D eigenvalue weighted by Crippen LogP contribution is -2.29. The van der Waals surface area contributed by atoms with Crippen LogP contribution >= 0.6 is 7.82 Å². The maximum absolute atomic E-state index is 12.6. The van der Waals surface area contributed by atoms with Crippen molar-refractivity contribution in [3.05, 3.63) is 72.9 Å². The van der Waals surface area contributed by atoms with Gasteiger partial charge in [-0.05, 0) is 50.9 Å². The molecule has 0 aromatic heterocycles. The zero-order valence-electron chi connectivity index (χ0n) is 38.8. The fourth-order valence-corrected chi connectivity index (χ4v) is 7.02. The molecule has 0 spiro atoms. The maximum atomic E-state index is 12.6. The van der Waals surface area contributed by atoms with Crippen LogP contribution in [0.5, 0.6) is 0 Å². The minimum Gasteiger partial charge on any atom is -0.462 e. The Bertz CT molecular complexity index is 1290. The maximum Gasteiger partial charge on any atom is 0.472 e. The molecule has 2 unspecified atom stereocenters. The molecule has 0 aliphatic carbocycles. The first-order valence-corrected chi connectivity index (χ1v) is 25.4. The van der Waals surface area contributed by atoms with Crippen LogP contribution in [0.2, 0.25) is 0 Å². The molecular weight excluding hydrogens is 808 g/mol. The number of aliphatic hydroxyl groups is 3. The summed E-state index contributed by atoms with van der Waals surface area (Å²) in [5, 5.41) is 28.2. The lowest BCUT2D eigenvalue weighted by molar-refractivity contribution is -0.161. The van der Waals surface area contributed by atoms with Crippen LogP contribution in [0.3, 0.4) is 0 Å². The lowest BCUT2D eigenvalue weighted by Gasteiger charge is -2.20. The average molecular weight is 895 g/mol. The molecule has 4 N–H and O–H groups in total. The van der Waals surface area contributed by atoms with Gasteiger partial charge in [0.1, 0.15) is 12.7 Å². The third-order valence-electron chi connectivity index (χ3n) is 9.90. The molecule has 0 rings (SSSR count). The number of rotatable bonds is 43. The van der Waals surface area contributed by atoms with E-state index in [9.17, 15) is 29.3 Å². The third-order valence-corrected chi connectivity index (χ3v) is 10.8. The van der Waals surface area contributed by atoms with Crippen molar-refractivity contribution in [3.8, 4) is 0 Å². The highest BCUT2D eigenvalue weighted by Crippen LogP contribution is 2.43. The summed E-state index contributed by atoms with van der Waals surface area (Å²) in [5.74, 6) is -0.215. The Morgan fingerprint density at radius 3 is 1.66 bits per heavy atom. The Labute approximate surface area is 376 Å². The molecule has 12 heteroatoms. The van der Waals surface area contributed by atoms with E-state index in [1.807, 2.05) is 48.6 Å². The van der Waals surface area contributed by atoms with Crippen LogP contribution in [-0.2, 0) is 32.7 Å². The third kappa shape index (κ3) is 44.0.